The smallest absolute Gasteiger partial charge is 0.306 e. The highest BCUT2D eigenvalue weighted by Crippen LogP contribution is 2.13. The molecule has 1 amide bonds. The van der Waals surface area contributed by atoms with Crippen molar-refractivity contribution in [1.29, 1.82) is 0 Å². The number of nitrogens with one attached hydrogen (secondary N) is 3. The summed E-state index contributed by atoms with van der Waals surface area (Å²) in [5.41, 5.74) is 7.02. The lowest BCUT2D eigenvalue weighted by molar-refractivity contribution is -0.117. The summed E-state index contributed by atoms with van der Waals surface area (Å²) in [6.45, 7) is 0. The number of benzene rings is 2. The molecule has 2 aromatic heterocycles. The normalized spacial score (nSPS) is 11.2. The fraction of sp³-hybridized carbons (Fsp3) is 0.167. The molecule has 0 aliphatic heterocycles. The number of aromatic amines is 2. The lowest BCUT2D eigenvalue weighted by Gasteiger charge is -2.07. The molecule has 0 unspecified atom stereocenters. The van der Waals surface area contributed by atoms with Crippen LogP contribution in [0.2, 0.25) is 0 Å². The predicted octanol–water partition coefficient (Wildman–Crippen LogP) is 2.30. The van der Waals surface area contributed by atoms with Crippen LogP contribution in [0.3, 0.4) is 0 Å². The second-order valence-electron chi connectivity index (χ2n) is 5.95. The fourth-order valence-corrected chi connectivity index (χ4v) is 2.93. The van der Waals surface area contributed by atoms with Gasteiger partial charge in [-0.15, -0.1) is 0 Å². The Labute approximate surface area is 142 Å². The Morgan fingerprint density at radius 1 is 1.12 bits per heavy atom. The van der Waals surface area contributed by atoms with Gasteiger partial charge in [0, 0.05) is 6.42 Å². The van der Waals surface area contributed by atoms with Gasteiger partial charge in [-0.25, -0.2) is 14.5 Å². The number of imidazole rings is 2. The van der Waals surface area contributed by atoms with Crippen molar-refractivity contribution >= 4 is 28.0 Å². The van der Waals surface area contributed by atoms with Crippen LogP contribution in [0.5, 0.6) is 0 Å². The van der Waals surface area contributed by atoms with Gasteiger partial charge < -0.3 is 9.97 Å². The molecule has 7 heteroatoms. The van der Waals surface area contributed by atoms with Gasteiger partial charge >= 0.3 is 5.69 Å². The van der Waals surface area contributed by atoms with Crippen LogP contribution in [-0.4, -0.2) is 25.5 Å². The minimum atomic E-state index is -0.209. The molecule has 4 aromatic rings. The molecule has 25 heavy (non-hydrogen) atoms. The summed E-state index contributed by atoms with van der Waals surface area (Å²) in [4.78, 5) is 33.1. The number of nitrogens with zero attached hydrogens (tertiary/aromatic N) is 2. The first-order chi connectivity index (χ1) is 12.2. The quantitative estimate of drug-likeness (QED) is 0.522. The van der Waals surface area contributed by atoms with E-state index in [4.69, 9.17) is 0 Å². The monoisotopic (exact) mass is 335 g/mol. The van der Waals surface area contributed by atoms with Crippen LogP contribution in [0.15, 0.2) is 53.6 Å². The van der Waals surface area contributed by atoms with Gasteiger partial charge in [-0.2, -0.15) is 0 Å². The summed E-state index contributed by atoms with van der Waals surface area (Å²) >= 11 is 0. The first kappa shape index (κ1) is 15.2. The summed E-state index contributed by atoms with van der Waals surface area (Å²) in [6, 6.07) is 13.4. The van der Waals surface area contributed by atoms with Crippen molar-refractivity contribution in [3.05, 3.63) is 64.8 Å². The van der Waals surface area contributed by atoms with Gasteiger partial charge in [0.05, 0.1) is 22.1 Å². The first-order valence-corrected chi connectivity index (χ1v) is 8.12. The third-order valence-electron chi connectivity index (χ3n) is 4.15. The Balaban J connectivity index is 1.35. The molecule has 0 spiro atoms. The van der Waals surface area contributed by atoms with Crippen LogP contribution in [0.25, 0.3) is 22.1 Å². The molecule has 0 fully saturated rings. The molecule has 4 rings (SSSR count). The van der Waals surface area contributed by atoms with Crippen molar-refractivity contribution in [2.45, 2.75) is 19.3 Å². The summed E-state index contributed by atoms with van der Waals surface area (Å²) in [5, 5.41) is 0. The van der Waals surface area contributed by atoms with E-state index < -0.39 is 0 Å². The molecule has 0 bridgehead atoms. The fourth-order valence-electron chi connectivity index (χ4n) is 2.93. The zero-order valence-corrected chi connectivity index (χ0v) is 13.5. The molecule has 0 aliphatic carbocycles. The highest BCUT2D eigenvalue weighted by molar-refractivity contribution is 5.86. The van der Waals surface area contributed by atoms with Crippen molar-refractivity contribution in [2.24, 2.45) is 0 Å². The van der Waals surface area contributed by atoms with Gasteiger partial charge in [0.1, 0.15) is 6.33 Å². The van der Waals surface area contributed by atoms with Crippen molar-refractivity contribution in [3.63, 3.8) is 0 Å². The van der Waals surface area contributed by atoms with Gasteiger partial charge in [0.25, 0.3) is 0 Å². The molecule has 0 atom stereocenters. The number of rotatable bonds is 5. The van der Waals surface area contributed by atoms with E-state index in [1.807, 2.05) is 42.5 Å². The molecule has 0 radical (unpaired) electrons. The largest absolute Gasteiger partial charge is 0.323 e. The summed E-state index contributed by atoms with van der Waals surface area (Å²) < 4.78 is 1.65. The van der Waals surface area contributed by atoms with E-state index in [0.29, 0.717) is 6.42 Å². The number of amides is 1. The standard InChI is InChI=1S/C18H17N5O2/c24-17(22-23-11-19-14-5-1-2-6-16(14)23)7-3-4-12-8-9-13-15(10-12)21-18(25)20-13/h1-2,5-6,8-11H,3-4,7H2,(H,22,24)(H2,20,21,25). The minimum absolute atomic E-state index is 0.0562. The van der Waals surface area contributed by atoms with Crippen LogP contribution in [0, 0.1) is 0 Å². The molecular weight excluding hydrogens is 318 g/mol. The molecular formula is C18H17N5O2. The maximum atomic E-state index is 12.1. The van der Waals surface area contributed by atoms with Crippen LogP contribution in [0.1, 0.15) is 18.4 Å². The highest BCUT2D eigenvalue weighted by Gasteiger charge is 2.06. The second-order valence-corrected chi connectivity index (χ2v) is 5.95. The minimum Gasteiger partial charge on any atom is -0.306 e. The molecule has 0 aliphatic rings. The average molecular weight is 335 g/mol. The SMILES string of the molecule is O=C(CCCc1ccc2[nH]c(=O)[nH]c2c1)Nn1cnc2ccccc21. The van der Waals surface area contributed by atoms with E-state index in [9.17, 15) is 9.59 Å². The molecule has 2 heterocycles. The van der Waals surface area contributed by atoms with Crippen LogP contribution < -0.4 is 11.1 Å². The van der Waals surface area contributed by atoms with E-state index >= 15 is 0 Å². The number of carbonyl (C=O) groups is 1. The maximum absolute atomic E-state index is 12.1. The number of para-hydroxylation sites is 2. The van der Waals surface area contributed by atoms with E-state index in [2.05, 4.69) is 20.4 Å². The molecule has 3 N–H and O–H groups in total. The third-order valence-corrected chi connectivity index (χ3v) is 4.15. The number of hydrogen-bond donors (Lipinski definition) is 3. The van der Waals surface area contributed by atoms with Crippen molar-refractivity contribution < 1.29 is 4.79 Å². The number of aryl methyl sites for hydroxylation is 1. The van der Waals surface area contributed by atoms with Crippen molar-refractivity contribution in [3.8, 4) is 0 Å². The Hall–Kier alpha value is -3.35. The van der Waals surface area contributed by atoms with Crippen molar-refractivity contribution in [2.75, 3.05) is 5.43 Å². The number of fused-ring (bicyclic) bond motifs is 2. The van der Waals surface area contributed by atoms with Gasteiger partial charge in [-0.05, 0) is 42.7 Å². The van der Waals surface area contributed by atoms with Gasteiger partial charge in [0.2, 0.25) is 5.91 Å². The molecule has 2 aromatic carbocycles. The lowest BCUT2D eigenvalue weighted by atomic mass is 10.1. The number of H-pyrrole nitrogens is 2. The van der Waals surface area contributed by atoms with Gasteiger partial charge in [0.15, 0.2) is 0 Å². The molecule has 0 saturated carbocycles. The number of hydrogen-bond acceptors (Lipinski definition) is 3. The number of aromatic nitrogens is 4. The zero-order chi connectivity index (χ0) is 17.2. The number of carbonyl (C=O) groups excluding carboxylic acids is 1. The van der Waals surface area contributed by atoms with Gasteiger partial charge in [-0.1, -0.05) is 18.2 Å². The Bertz CT molecular complexity index is 1110. The zero-order valence-electron chi connectivity index (χ0n) is 13.5. The van der Waals surface area contributed by atoms with E-state index in [1.165, 1.54) is 0 Å². The lowest BCUT2D eigenvalue weighted by Crippen LogP contribution is -2.21. The summed E-state index contributed by atoms with van der Waals surface area (Å²) in [6.07, 6.45) is 3.51. The first-order valence-electron chi connectivity index (χ1n) is 8.12. The van der Waals surface area contributed by atoms with Crippen LogP contribution in [0.4, 0.5) is 0 Å². The highest BCUT2D eigenvalue weighted by atomic mass is 16.2. The second kappa shape index (κ2) is 6.27. The third kappa shape index (κ3) is 3.16. The Morgan fingerprint density at radius 3 is 2.88 bits per heavy atom. The molecule has 7 nitrogen and oxygen atoms in total. The predicted molar refractivity (Wildman–Crippen MR) is 96.0 cm³/mol. The Kier molecular flexibility index (Phi) is 3.81. The van der Waals surface area contributed by atoms with E-state index in [-0.39, 0.29) is 11.6 Å². The van der Waals surface area contributed by atoms with Crippen LogP contribution in [-0.2, 0) is 11.2 Å². The maximum Gasteiger partial charge on any atom is 0.323 e. The average Bonchev–Trinajstić information content (AvgIpc) is 3.17. The van der Waals surface area contributed by atoms with Crippen molar-refractivity contribution in [1.82, 2.24) is 19.6 Å². The van der Waals surface area contributed by atoms with E-state index in [0.717, 1.165) is 40.5 Å². The topological polar surface area (TPSA) is 95.6 Å². The molecule has 0 saturated heterocycles. The summed E-state index contributed by atoms with van der Waals surface area (Å²) in [7, 11) is 0. The van der Waals surface area contributed by atoms with E-state index in [1.54, 1.807) is 11.0 Å². The molecule has 126 valence electrons. The van der Waals surface area contributed by atoms with Gasteiger partial charge in [-0.3, -0.25) is 10.2 Å². The Morgan fingerprint density at radius 2 is 1.96 bits per heavy atom. The van der Waals surface area contributed by atoms with Crippen LogP contribution >= 0.6 is 0 Å². The summed E-state index contributed by atoms with van der Waals surface area (Å²) in [5.74, 6) is -0.0562.